The summed E-state index contributed by atoms with van der Waals surface area (Å²) in [5.41, 5.74) is 2.90. The molecule has 4 nitrogen and oxygen atoms in total. The number of rotatable bonds is 4. The first-order chi connectivity index (χ1) is 13.2. The number of amides is 1. The second-order valence-corrected chi connectivity index (χ2v) is 8.19. The minimum Gasteiger partial charge on any atom is -0.302 e. The van der Waals surface area contributed by atoms with Gasteiger partial charge in [0.05, 0.1) is 4.88 Å². The van der Waals surface area contributed by atoms with Gasteiger partial charge in [-0.15, -0.1) is 0 Å². The lowest BCUT2D eigenvalue weighted by Crippen LogP contribution is -2.24. The highest BCUT2D eigenvalue weighted by atomic mass is 35.5. The zero-order chi connectivity index (χ0) is 18.6. The zero-order valence-electron chi connectivity index (χ0n) is 14.8. The SMILES string of the molecule is O=C(Nc1ncc(-c2ccncc2-c2ccccc2Cl)s1)C1CCCCC1. The number of aromatic nitrogens is 2. The molecule has 1 aliphatic rings. The minimum atomic E-state index is 0.0941. The van der Waals surface area contributed by atoms with Crippen molar-refractivity contribution < 1.29 is 4.79 Å². The van der Waals surface area contributed by atoms with Gasteiger partial charge in [-0.3, -0.25) is 9.78 Å². The monoisotopic (exact) mass is 397 g/mol. The minimum absolute atomic E-state index is 0.0941. The predicted octanol–water partition coefficient (Wildman–Crippen LogP) is 6.04. The van der Waals surface area contributed by atoms with Gasteiger partial charge >= 0.3 is 0 Å². The van der Waals surface area contributed by atoms with Gasteiger partial charge in [-0.1, -0.05) is 60.4 Å². The smallest absolute Gasteiger partial charge is 0.229 e. The lowest BCUT2D eigenvalue weighted by Gasteiger charge is -2.19. The second kappa shape index (κ2) is 8.19. The summed E-state index contributed by atoms with van der Waals surface area (Å²) in [5, 5.41) is 4.32. The standard InChI is InChI=1S/C21H20ClN3OS/c22-18-9-5-4-8-15(18)17-12-23-11-10-16(17)19-13-24-21(27-19)25-20(26)14-6-2-1-3-7-14/h4-5,8-14H,1-3,6-7H2,(H,24,25,26). The Labute approximate surface area is 167 Å². The number of halogens is 1. The second-order valence-electron chi connectivity index (χ2n) is 6.75. The fraction of sp³-hybridized carbons (Fsp3) is 0.286. The maximum atomic E-state index is 12.5. The van der Waals surface area contributed by atoms with Crippen LogP contribution in [0.15, 0.2) is 48.9 Å². The van der Waals surface area contributed by atoms with Gasteiger partial charge in [-0.05, 0) is 25.0 Å². The molecule has 4 rings (SSSR count). The molecule has 0 saturated heterocycles. The molecular weight excluding hydrogens is 378 g/mol. The normalized spacial score (nSPS) is 14.9. The lowest BCUT2D eigenvalue weighted by atomic mass is 9.89. The van der Waals surface area contributed by atoms with Crippen molar-refractivity contribution in [3.05, 3.63) is 53.9 Å². The van der Waals surface area contributed by atoms with Gasteiger partial charge in [0, 0.05) is 46.2 Å². The Balaban J connectivity index is 1.59. The number of hydrogen-bond donors (Lipinski definition) is 1. The highest BCUT2D eigenvalue weighted by Gasteiger charge is 2.22. The molecule has 1 amide bonds. The average molecular weight is 398 g/mol. The number of carbonyl (C=O) groups excluding carboxylic acids is 1. The fourth-order valence-electron chi connectivity index (χ4n) is 3.53. The first-order valence-electron chi connectivity index (χ1n) is 9.18. The Morgan fingerprint density at radius 3 is 2.67 bits per heavy atom. The molecule has 3 aromatic rings. The molecule has 1 N–H and O–H groups in total. The summed E-state index contributed by atoms with van der Waals surface area (Å²) in [6.07, 6.45) is 10.8. The number of anilines is 1. The number of benzene rings is 1. The lowest BCUT2D eigenvalue weighted by molar-refractivity contribution is -0.120. The van der Waals surface area contributed by atoms with Crippen LogP contribution in [0.3, 0.4) is 0 Å². The molecule has 0 aliphatic heterocycles. The van der Waals surface area contributed by atoms with Gasteiger partial charge in [0.1, 0.15) is 0 Å². The van der Waals surface area contributed by atoms with E-state index in [0.717, 1.165) is 47.3 Å². The van der Waals surface area contributed by atoms with Gasteiger partial charge in [0.2, 0.25) is 5.91 Å². The van der Waals surface area contributed by atoms with Crippen LogP contribution in [0.4, 0.5) is 5.13 Å². The van der Waals surface area contributed by atoms with Crippen LogP contribution in [0.25, 0.3) is 21.6 Å². The summed E-state index contributed by atoms with van der Waals surface area (Å²) < 4.78 is 0. The first-order valence-corrected chi connectivity index (χ1v) is 10.4. The van der Waals surface area contributed by atoms with Gasteiger partial charge in [0.25, 0.3) is 0 Å². The number of nitrogens with zero attached hydrogens (tertiary/aromatic N) is 2. The third-order valence-electron chi connectivity index (χ3n) is 4.96. The van der Waals surface area contributed by atoms with Gasteiger partial charge in [-0.2, -0.15) is 0 Å². The van der Waals surface area contributed by atoms with Crippen molar-refractivity contribution in [2.24, 2.45) is 5.92 Å². The summed E-state index contributed by atoms with van der Waals surface area (Å²) in [4.78, 5) is 22.1. The molecule has 27 heavy (non-hydrogen) atoms. The van der Waals surface area contributed by atoms with Crippen molar-refractivity contribution in [1.82, 2.24) is 9.97 Å². The fourth-order valence-corrected chi connectivity index (χ4v) is 4.63. The molecule has 0 spiro atoms. The van der Waals surface area contributed by atoms with Crippen LogP contribution >= 0.6 is 22.9 Å². The molecule has 1 saturated carbocycles. The number of hydrogen-bond acceptors (Lipinski definition) is 4. The molecule has 6 heteroatoms. The van der Waals surface area contributed by atoms with Crippen LogP contribution in [0, 0.1) is 5.92 Å². The van der Waals surface area contributed by atoms with Crippen LogP contribution in [0.2, 0.25) is 5.02 Å². The van der Waals surface area contributed by atoms with Crippen molar-refractivity contribution >= 4 is 34.0 Å². The summed E-state index contributed by atoms with van der Waals surface area (Å²) in [7, 11) is 0. The van der Waals surface area contributed by atoms with E-state index in [2.05, 4.69) is 15.3 Å². The molecule has 1 aromatic carbocycles. The summed E-state index contributed by atoms with van der Waals surface area (Å²) in [6.45, 7) is 0. The van der Waals surface area contributed by atoms with E-state index < -0.39 is 0 Å². The van der Waals surface area contributed by atoms with Crippen molar-refractivity contribution in [2.45, 2.75) is 32.1 Å². The topological polar surface area (TPSA) is 54.9 Å². The van der Waals surface area contributed by atoms with Gasteiger partial charge in [0.15, 0.2) is 5.13 Å². The summed E-state index contributed by atoms with van der Waals surface area (Å²) in [5.74, 6) is 0.211. The van der Waals surface area contributed by atoms with E-state index in [0.29, 0.717) is 10.2 Å². The molecule has 138 valence electrons. The highest BCUT2D eigenvalue weighted by Crippen LogP contribution is 2.38. The van der Waals surface area contributed by atoms with Crippen molar-refractivity contribution in [3.8, 4) is 21.6 Å². The third-order valence-corrected chi connectivity index (χ3v) is 6.24. The maximum Gasteiger partial charge on any atom is 0.229 e. The Hall–Kier alpha value is -2.24. The van der Waals surface area contributed by atoms with E-state index in [-0.39, 0.29) is 11.8 Å². The molecule has 2 heterocycles. The molecule has 1 fully saturated rings. The van der Waals surface area contributed by atoms with Crippen LogP contribution in [0.1, 0.15) is 32.1 Å². The molecule has 0 bridgehead atoms. The van der Waals surface area contributed by atoms with E-state index in [1.807, 2.05) is 36.5 Å². The van der Waals surface area contributed by atoms with Crippen LogP contribution in [-0.4, -0.2) is 15.9 Å². The molecule has 2 aromatic heterocycles. The number of thiazole rings is 1. The van der Waals surface area contributed by atoms with Crippen molar-refractivity contribution in [3.63, 3.8) is 0 Å². The quantitative estimate of drug-likeness (QED) is 0.583. The van der Waals surface area contributed by atoms with Crippen LogP contribution in [-0.2, 0) is 4.79 Å². The molecule has 0 radical (unpaired) electrons. The van der Waals surface area contributed by atoms with E-state index in [4.69, 9.17) is 11.6 Å². The first kappa shape index (κ1) is 18.1. The maximum absolute atomic E-state index is 12.5. The Bertz CT molecular complexity index is 950. The Kier molecular flexibility index (Phi) is 5.50. The molecule has 1 aliphatic carbocycles. The van der Waals surface area contributed by atoms with E-state index >= 15 is 0 Å². The number of pyridine rings is 1. The summed E-state index contributed by atoms with van der Waals surface area (Å²) in [6, 6.07) is 9.68. The molecular formula is C21H20ClN3OS. The Morgan fingerprint density at radius 1 is 1.04 bits per heavy atom. The van der Waals surface area contributed by atoms with Gasteiger partial charge in [-0.25, -0.2) is 4.98 Å². The highest BCUT2D eigenvalue weighted by molar-refractivity contribution is 7.19. The van der Waals surface area contributed by atoms with E-state index in [1.54, 1.807) is 12.4 Å². The third kappa shape index (κ3) is 4.04. The zero-order valence-corrected chi connectivity index (χ0v) is 16.4. The molecule has 0 atom stereocenters. The largest absolute Gasteiger partial charge is 0.302 e. The average Bonchev–Trinajstić information content (AvgIpc) is 3.17. The van der Waals surface area contributed by atoms with E-state index in [1.165, 1.54) is 17.8 Å². The van der Waals surface area contributed by atoms with Crippen LogP contribution < -0.4 is 5.32 Å². The molecule has 0 unspecified atom stereocenters. The van der Waals surface area contributed by atoms with Crippen molar-refractivity contribution in [1.29, 1.82) is 0 Å². The summed E-state index contributed by atoms with van der Waals surface area (Å²) >= 11 is 7.86. The Morgan fingerprint density at radius 2 is 1.85 bits per heavy atom. The van der Waals surface area contributed by atoms with Crippen LogP contribution in [0.5, 0.6) is 0 Å². The van der Waals surface area contributed by atoms with Crippen molar-refractivity contribution in [2.75, 3.05) is 5.32 Å². The van der Waals surface area contributed by atoms with Gasteiger partial charge < -0.3 is 5.32 Å². The van der Waals surface area contributed by atoms with E-state index in [9.17, 15) is 4.79 Å². The number of nitrogens with one attached hydrogen (secondary N) is 1. The predicted molar refractivity (Wildman–Crippen MR) is 111 cm³/mol. The number of carbonyl (C=O) groups is 1.